The molecule has 1 amide bonds. The first-order valence-corrected chi connectivity index (χ1v) is 10.9. The quantitative estimate of drug-likeness (QED) is 0.419. The van der Waals surface area contributed by atoms with Crippen molar-refractivity contribution >= 4 is 63.8 Å². The zero-order valence-electron chi connectivity index (χ0n) is 15.5. The summed E-state index contributed by atoms with van der Waals surface area (Å²) in [6.07, 6.45) is 0. The summed E-state index contributed by atoms with van der Waals surface area (Å²) in [6.45, 7) is 3.21. The van der Waals surface area contributed by atoms with Gasteiger partial charge in [0.1, 0.15) is 0 Å². The number of carbonyl (C=O) groups is 1. The molecule has 0 saturated carbocycles. The van der Waals surface area contributed by atoms with Crippen LogP contribution in [0.25, 0.3) is 0 Å². The zero-order valence-corrected chi connectivity index (χ0v) is 18.5. The van der Waals surface area contributed by atoms with Gasteiger partial charge in [0.05, 0.1) is 23.0 Å². The Morgan fingerprint density at radius 2 is 1.79 bits per heavy atom. The molecule has 1 aromatic heterocycles. The molecule has 3 rings (SSSR count). The molecule has 0 spiro atoms. The average Bonchev–Trinajstić information content (AvgIpc) is 3.10. The summed E-state index contributed by atoms with van der Waals surface area (Å²) >= 11 is 19.2. The highest BCUT2D eigenvalue weighted by Gasteiger charge is 2.14. The average molecular weight is 471 g/mol. The van der Waals surface area contributed by atoms with Crippen LogP contribution in [-0.4, -0.2) is 26.4 Å². The van der Waals surface area contributed by atoms with Gasteiger partial charge in [-0.2, -0.15) is 0 Å². The van der Waals surface area contributed by atoms with Crippen LogP contribution in [0.2, 0.25) is 15.1 Å². The molecule has 2 N–H and O–H groups in total. The molecule has 10 heteroatoms. The molecule has 0 unspecified atom stereocenters. The zero-order chi connectivity index (χ0) is 20.8. The Labute approximate surface area is 187 Å². The molecule has 29 heavy (non-hydrogen) atoms. The van der Waals surface area contributed by atoms with Gasteiger partial charge in [0.2, 0.25) is 5.91 Å². The highest BCUT2D eigenvalue weighted by molar-refractivity contribution is 7.99. The van der Waals surface area contributed by atoms with E-state index in [1.165, 1.54) is 11.8 Å². The fourth-order valence-electron chi connectivity index (χ4n) is 2.53. The highest BCUT2D eigenvalue weighted by Crippen LogP contribution is 2.26. The van der Waals surface area contributed by atoms with Crippen molar-refractivity contribution in [2.75, 3.05) is 16.4 Å². The molecule has 1 heterocycles. The number of benzene rings is 2. The van der Waals surface area contributed by atoms with Crippen LogP contribution in [0.4, 0.5) is 11.4 Å². The SMILES string of the molecule is CCn1c(CNc2ccc(Cl)cc2)nnc1SCC(=O)Nc1ccc(Cl)cc1Cl. The second-order valence-corrected chi connectivity index (χ2v) is 8.19. The van der Waals surface area contributed by atoms with Crippen LogP contribution in [-0.2, 0) is 17.9 Å². The number of nitrogens with zero attached hydrogens (tertiary/aromatic N) is 3. The lowest BCUT2D eigenvalue weighted by molar-refractivity contribution is -0.113. The van der Waals surface area contributed by atoms with Crippen molar-refractivity contribution in [1.29, 1.82) is 0 Å². The van der Waals surface area contributed by atoms with E-state index in [9.17, 15) is 4.79 Å². The maximum absolute atomic E-state index is 12.3. The number of carbonyl (C=O) groups excluding carboxylic acids is 1. The van der Waals surface area contributed by atoms with Crippen LogP contribution in [0, 0.1) is 0 Å². The van der Waals surface area contributed by atoms with Gasteiger partial charge in [0, 0.05) is 22.3 Å². The van der Waals surface area contributed by atoms with Gasteiger partial charge < -0.3 is 15.2 Å². The van der Waals surface area contributed by atoms with E-state index < -0.39 is 0 Å². The van der Waals surface area contributed by atoms with E-state index in [4.69, 9.17) is 34.8 Å². The lowest BCUT2D eigenvalue weighted by Crippen LogP contribution is -2.15. The minimum Gasteiger partial charge on any atom is -0.378 e. The molecule has 0 bridgehead atoms. The molecule has 0 aliphatic rings. The van der Waals surface area contributed by atoms with E-state index in [1.807, 2.05) is 35.8 Å². The highest BCUT2D eigenvalue weighted by atomic mass is 35.5. The van der Waals surface area contributed by atoms with Gasteiger partial charge in [0.15, 0.2) is 11.0 Å². The molecular formula is C19H18Cl3N5OS. The van der Waals surface area contributed by atoms with E-state index >= 15 is 0 Å². The smallest absolute Gasteiger partial charge is 0.234 e. The topological polar surface area (TPSA) is 71.8 Å². The third-order valence-corrected chi connectivity index (χ3v) is 5.71. The number of amides is 1. The molecule has 152 valence electrons. The Kier molecular flexibility index (Phi) is 7.66. The predicted molar refractivity (Wildman–Crippen MR) is 120 cm³/mol. The summed E-state index contributed by atoms with van der Waals surface area (Å²) in [7, 11) is 0. The number of hydrogen-bond donors (Lipinski definition) is 2. The Bertz CT molecular complexity index is 994. The largest absolute Gasteiger partial charge is 0.378 e. The second-order valence-electron chi connectivity index (χ2n) is 5.96. The molecule has 0 saturated heterocycles. The number of aromatic nitrogens is 3. The fourth-order valence-corrected chi connectivity index (χ4v) is 3.93. The maximum Gasteiger partial charge on any atom is 0.234 e. The van der Waals surface area contributed by atoms with Crippen LogP contribution >= 0.6 is 46.6 Å². The summed E-state index contributed by atoms with van der Waals surface area (Å²) in [6, 6.07) is 12.4. The first-order valence-electron chi connectivity index (χ1n) is 8.75. The van der Waals surface area contributed by atoms with Crippen molar-refractivity contribution in [3.8, 4) is 0 Å². The molecule has 6 nitrogen and oxygen atoms in total. The molecule has 3 aromatic rings. The first kappa shape index (κ1) is 21.8. The third kappa shape index (κ3) is 6.02. The molecule has 2 aromatic carbocycles. The maximum atomic E-state index is 12.3. The van der Waals surface area contributed by atoms with E-state index in [-0.39, 0.29) is 11.7 Å². The molecule has 0 atom stereocenters. The Morgan fingerprint density at radius 1 is 1.07 bits per heavy atom. The molecule has 0 aliphatic carbocycles. The predicted octanol–water partition coefficient (Wildman–Crippen LogP) is 5.60. The van der Waals surface area contributed by atoms with E-state index in [2.05, 4.69) is 20.8 Å². The van der Waals surface area contributed by atoms with E-state index in [0.29, 0.717) is 39.0 Å². The van der Waals surface area contributed by atoms with Crippen molar-refractivity contribution < 1.29 is 4.79 Å². The van der Waals surface area contributed by atoms with Crippen LogP contribution in [0.1, 0.15) is 12.7 Å². The van der Waals surface area contributed by atoms with Crippen molar-refractivity contribution in [1.82, 2.24) is 14.8 Å². The summed E-state index contributed by atoms with van der Waals surface area (Å²) in [5.74, 6) is 0.777. The summed E-state index contributed by atoms with van der Waals surface area (Å²) < 4.78 is 1.97. The minimum atomic E-state index is -0.189. The standard InChI is InChI=1S/C19H18Cl3N5OS/c1-2-27-17(10-23-14-6-3-12(20)4-7-14)25-26-19(27)29-11-18(28)24-16-8-5-13(21)9-15(16)22/h3-9,23H,2,10-11H2,1H3,(H,24,28). The lowest BCUT2D eigenvalue weighted by atomic mass is 10.3. The second kappa shape index (κ2) is 10.2. The van der Waals surface area contributed by atoms with Crippen LogP contribution < -0.4 is 10.6 Å². The summed E-state index contributed by atoms with van der Waals surface area (Å²) in [5.41, 5.74) is 1.46. The molecule has 0 radical (unpaired) electrons. The van der Waals surface area contributed by atoms with Gasteiger partial charge in [-0.15, -0.1) is 10.2 Å². The Hall–Kier alpha value is -1.93. The van der Waals surface area contributed by atoms with Gasteiger partial charge in [-0.3, -0.25) is 4.79 Å². The van der Waals surface area contributed by atoms with Gasteiger partial charge in [0.25, 0.3) is 0 Å². The number of anilines is 2. The Morgan fingerprint density at radius 3 is 2.48 bits per heavy atom. The lowest BCUT2D eigenvalue weighted by Gasteiger charge is -2.10. The minimum absolute atomic E-state index is 0.182. The van der Waals surface area contributed by atoms with Gasteiger partial charge in [-0.05, 0) is 49.4 Å². The van der Waals surface area contributed by atoms with Crippen LogP contribution in [0.3, 0.4) is 0 Å². The van der Waals surface area contributed by atoms with Gasteiger partial charge in [-0.25, -0.2) is 0 Å². The summed E-state index contributed by atoms with van der Waals surface area (Å²) in [5, 5.41) is 16.8. The van der Waals surface area contributed by atoms with Crippen LogP contribution in [0.5, 0.6) is 0 Å². The molecule has 0 fully saturated rings. The third-order valence-electron chi connectivity index (χ3n) is 3.94. The molecular weight excluding hydrogens is 453 g/mol. The number of hydrogen-bond acceptors (Lipinski definition) is 5. The van der Waals surface area contributed by atoms with Crippen molar-refractivity contribution in [2.24, 2.45) is 0 Å². The molecule has 0 aliphatic heterocycles. The van der Waals surface area contributed by atoms with Crippen molar-refractivity contribution in [2.45, 2.75) is 25.2 Å². The Balaban J connectivity index is 1.58. The normalized spacial score (nSPS) is 10.8. The van der Waals surface area contributed by atoms with Crippen molar-refractivity contribution in [3.63, 3.8) is 0 Å². The van der Waals surface area contributed by atoms with Gasteiger partial charge in [-0.1, -0.05) is 46.6 Å². The number of thioether (sulfide) groups is 1. The van der Waals surface area contributed by atoms with Gasteiger partial charge >= 0.3 is 0 Å². The number of nitrogens with one attached hydrogen (secondary N) is 2. The number of rotatable bonds is 8. The number of halogens is 3. The van der Waals surface area contributed by atoms with E-state index in [0.717, 1.165) is 11.5 Å². The van der Waals surface area contributed by atoms with Crippen LogP contribution in [0.15, 0.2) is 47.6 Å². The van der Waals surface area contributed by atoms with Crippen molar-refractivity contribution in [3.05, 3.63) is 63.4 Å². The fraction of sp³-hybridized carbons (Fsp3) is 0.211. The summed E-state index contributed by atoms with van der Waals surface area (Å²) in [4.78, 5) is 12.3. The van der Waals surface area contributed by atoms with E-state index in [1.54, 1.807) is 18.2 Å². The monoisotopic (exact) mass is 469 g/mol. The first-order chi connectivity index (χ1) is 14.0.